The first-order chi connectivity index (χ1) is 9.85. The highest BCUT2D eigenvalue weighted by Crippen LogP contribution is 2.38. The van der Waals surface area contributed by atoms with E-state index in [2.05, 4.69) is 4.90 Å². The van der Waals surface area contributed by atoms with Gasteiger partial charge in [-0.15, -0.1) is 0 Å². The highest BCUT2D eigenvalue weighted by Gasteiger charge is 2.47. The zero-order valence-corrected chi connectivity index (χ0v) is 12.5. The van der Waals surface area contributed by atoms with Crippen molar-refractivity contribution in [3.63, 3.8) is 0 Å². The molecule has 1 atom stereocenters. The van der Waals surface area contributed by atoms with Gasteiger partial charge >= 0.3 is 5.97 Å². The van der Waals surface area contributed by atoms with Crippen molar-refractivity contribution in [2.75, 3.05) is 13.1 Å². The van der Waals surface area contributed by atoms with Crippen LogP contribution < -0.4 is 5.73 Å². The molecule has 1 aromatic rings. The van der Waals surface area contributed by atoms with Gasteiger partial charge < -0.3 is 10.8 Å². The Labute approximate surface area is 124 Å². The number of carbonyl (C=O) groups excluding carboxylic acids is 1. The molecule has 1 unspecified atom stereocenters. The van der Waals surface area contributed by atoms with Crippen LogP contribution in [0.1, 0.15) is 36.2 Å². The first kappa shape index (κ1) is 15.5. The topological polar surface area (TPSA) is 83.6 Å². The third-order valence-electron chi connectivity index (χ3n) is 4.53. The average Bonchev–Trinajstić information content (AvgIpc) is 2.84. The summed E-state index contributed by atoms with van der Waals surface area (Å²) >= 11 is 0. The zero-order chi connectivity index (χ0) is 15.6. The number of aliphatic carboxylic acids is 1. The summed E-state index contributed by atoms with van der Waals surface area (Å²) in [5.41, 5.74) is 6.09. The molecular weight excluding hydrogens is 268 g/mol. The Morgan fingerprint density at radius 3 is 2.67 bits per heavy atom. The number of primary amides is 1. The van der Waals surface area contributed by atoms with E-state index in [9.17, 15) is 14.7 Å². The van der Waals surface area contributed by atoms with Crippen molar-refractivity contribution in [3.8, 4) is 0 Å². The first-order valence-electron chi connectivity index (χ1n) is 7.19. The van der Waals surface area contributed by atoms with Crippen molar-refractivity contribution in [2.45, 2.75) is 26.8 Å². The summed E-state index contributed by atoms with van der Waals surface area (Å²) in [4.78, 5) is 25.0. The van der Waals surface area contributed by atoms with Crippen LogP contribution in [0.25, 0.3) is 0 Å². The molecule has 0 aromatic heterocycles. The molecule has 2 rings (SSSR count). The lowest BCUT2D eigenvalue weighted by molar-refractivity contribution is -0.151. The number of amides is 1. The number of rotatable bonds is 5. The first-order valence-corrected chi connectivity index (χ1v) is 7.19. The minimum absolute atomic E-state index is 0.0944. The van der Waals surface area contributed by atoms with Gasteiger partial charge in [0.25, 0.3) is 0 Å². The SMILES string of the molecule is CC(C)C1(C(=O)O)CCN(Cc2cccc(C(N)=O)c2)C1. The summed E-state index contributed by atoms with van der Waals surface area (Å²) in [6.07, 6.45) is 0.662. The molecule has 1 amide bonds. The smallest absolute Gasteiger partial charge is 0.311 e. The van der Waals surface area contributed by atoms with Crippen LogP contribution in [0.2, 0.25) is 0 Å². The van der Waals surface area contributed by atoms with Gasteiger partial charge in [0.15, 0.2) is 0 Å². The molecule has 1 heterocycles. The minimum atomic E-state index is -0.717. The van der Waals surface area contributed by atoms with Crippen molar-refractivity contribution in [3.05, 3.63) is 35.4 Å². The molecular formula is C16H22N2O3. The van der Waals surface area contributed by atoms with Gasteiger partial charge in [0.2, 0.25) is 5.91 Å². The summed E-state index contributed by atoms with van der Waals surface area (Å²) < 4.78 is 0. The van der Waals surface area contributed by atoms with Crippen LogP contribution in [-0.2, 0) is 11.3 Å². The largest absolute Gasteiger partial charge is 0.481 e. The Morgan fingerprint density at radius 2 is 2.14 bits per heavy atom. The maximum absolute atomic E-state index is 11.6. The number of likely N-dealkylation sites (tertiary alicyclic amines) is 1. The molecule has 1 aromatic carbocycles. The molecule has 0 aliphatic carbocycles. The van der Waals surface area contributed by atoms with Gasteiger partial charge in [-0.1, -0.05) is 26.0 Å². The summed E-state index contributed by atoms with van der Waals surface area (Å²) in [5.74, 6) is -1.07. The number of hydrogen-bond donors (Lipinski definition) is 2. The van der Waals surface area contributed by atoms with Crippen LogP contribution in [0.3, 0.4) is 0 Å². The number of nitrogens with zero attached hydrogens (tertiary/aromatic N) is 1. The van der Waals surface area contributed by atoms with E-state index in [4.69, 9.17) is 5.73 Å². The van der Waals surface area contributed by atoms with E-state index < -0.39 is 17.3 Å². The molecule has 5 nitrogen and oxygen atoms in total. The van der Waals surface area contributed by atoms with Crippen LogP contribution in [0.15, 0.2) is 24.3 Å². The number of carboxylic acids is 1. The second kappa shape index (κ2) is 5.85. The van der Waals surface area contributed by atoms with Gasteiger partial charge in [-0.25, -0.2) is 0 Å². The molecule has 0 saturated carbocycles. The van der Waals surface area contributed by atoms with Gasteiger partial charge in [-0.2, -0.15) is 0 Å². The Balaban J connectivity index is 2.11. The quantitative estimate of drug-likeness (QED) is 0.865. The maximum atomic E-state index is 11.6. The molecule has 1 saturated heterocycles. The van der Waals surface area contributed by atoms with Crippen LogP contribution >= 0.6 is 0 Å². The van der Waals surface area contributed by atoms with E-state index >= 15 is 0 Å². The normalized spacial score (nSPS) is 22.6. The van der Waals surface area contributed by atoms with Crippen molar-refractivity contribution < 1.29 is 14.7 Å². The van der Waals surface area contributed by atoms with E-state index in [0.717, 1.165) is 12.1 Å². The fraction of sp³-hybridized carbons (Fsp3) is 0.500. The van der Waals surface area contributed by atoms with Crippen molar-refractivity contribution >= 4 is 11.9 Å². The summed E-state index contributed by atoms with van der Waals surface area (Å²) in [7, 11) is 0. The third kappa shape index (κ3) is 3.08. The molecule has 114 valence electrons. The number of carbonyl (C=O) groups is 2. The van der Waals surface area contributed by atoms with E-state index in [1.807, 2.05) is 19.9 Å². The van der Waals surface area contributed by atoms with Gasteiger partial charge in [-0.05, 0) is 36.6 Å². The zero-order valence-electron chi connectivity index (χ0n) is 12.5. The predicted octanol–water partition coefficient (Wildman–Crippen LogP) is 1.72. The molecule has 1 aliphatic heterocycles. The van der Waals surface area contributed by atoms with Crippen LogP contribution in [0.4, 0.5) is 0 Å². The van der Waals surface area contributed by atoms with E-state index in [1.165, 1.54) is 0 Å². The molecule has 0 radical (unpaired) electrons. The maximum Gasteiger partial charge on any atom is 0.311 e. The molecule has 0 bridgehead atoms. The summed E-state index contributed by atoms with van der Waals surface area (Å²) in [6, 6.07) is 7.20. The van der Waals surface area contributed by atoms with Crippen LogP contribution in [-0.4, -0.2) is 35.0 Å². The Hall–Kier alpha value is -1.88. The van der Waals surface area contributed by atoms with Crippen molar-refractivity contribution in [1.29, 1.82) is 0 Å². The van der Waals surface area contributed by atoms with Gasteiger partial charge in [0.05, 0.1) is 5.41 Å². The Kier molecular flexibility index (Phi) is 4.32. The standard InChI is InChI=1S/C16H22N2O3/c1-11(2)16(15(20)21)6-7-18(10-16)9-12-4-3-5-13(8-12)14(17)19/h3-5,8,11H,6-7,9-10H2,1-2H3,(H2,17,19)(H,20,21). The van der Waals surface area contributed by atoms with E-state index in [1.54, 1.807) is 18.2 Å². The fourth-order valence-corrected chi connectivity index (χ4v) is 3.02. The lowest BCUT2D eigenvalue weighted by atomic mass is 9.76. The number of nitrogens with two attached hydrogens (primary N) is 1. The highest BCUT2D eigenvalue weighted by atomic mass is 16.4. The van der Waals surface area contributed by atoms with Crippen LogP contribution in [0, 0.1) is 11.3 Å². The van der Waals surface area contributed by atoms with Gasteiger partial charge in [-0.3, -0.25) is 14.5 Å². The lowest BCUT2D eigenvalue weighted by Gasteiger charge is -2.28. The summed E-state index contributed by atoms with van der Waals surface area (Å²) in [5, 5.41) is 9.55. The van der Waals surface area contributed by atoms with Gasteiger partial charge in [0, 0.05) is 18.7 Å². The Morgan fingerprint density at radius 1 is 1.43 bits per heavy atom. The average molecular weight is 290 g/mol. The molecule has 0 spiro atoms. The molecule has 21 heavy (non-hydrogen) atoms. The van der Waals surface area contributed by atoms with Gasteiger partial charge in [0.1, 0.15) is 0 Å². The minimum Gasteiger partial charge on any atom is -0.481 e. The predicted molar refractivity (Wildman–Crippen MR) is 79.8 cm³/mol. The van der Waals surface area contributed by atoms with Crippen LogP contribution in [0.5, 0.6) is 0 Å². The van der Waals surface area contributed by atoms with Crippen molar-refractivity contribution in [2.24, 2.45) is 17.1 Å². The fourth-order valence-electron chi connectivity index (χ4n) is 3.02. The lowest BCUT2D eigenvalue weighted by Crippen LogP contribution is -2.39. The number of benzene rings is 1. The van der Waals surface area contributed by atoms with E-state index in [0.29, 0.717) is 25.1 Å². The highest BCUT2D eigenvalue weighted by molar-refractivity contribution is 5.92. The molecule has 1 aliphatic rings. The Bertz CT molecular complexity index is 556. The second-order valence-electron chi connectivity index (χ2n) is 6.14. The monoisotopic (exact) mass is 290 g/mol. The van der Waals surface area contributed by atoms with Crippen molar-refractivity contribution in [1.82, 2.24) is 4.90 Å². The molecule has 5 heteroatoms. The summed E-state index contributed by atoms with van der Waals surface area (Å²) in [6.45, 7) is 5.87. The molecule has 3 N–H and O–H groups in total. The second-order valence-corrected chi connectivity index (χ2v) is 6.14. The number of hydrogen-bond acceptors (Lipinski definition) is 3. The molecule has 1 fully saturated rings. The number of carboxylic acid groups (broad SMARTS) is 1. The third-order valence-corrected chi connectivity index (χ3v) is 4.53. The van der Waals surface area contributed by atoms with E-state index in [-0.39, 0.29) is 5.92 Å².